The average molecular weight is 403 g/mol. The van der Waals surface area contributed by atoms with Crippen LogP contribution in [0.5, 0.6) is 0 Å². The van der Waals surface area contributed by atoms with Crippen molar-refractivity contribution in [1.29, 1.82) is 0 Å². The van der Waals surface area contributed by atoms with Gasteiger partial charge in [0.2, 0.25) is 5.91 Å². The van der Waals surface area contributed by atoms with Gasteiger partial charge in [0.15, 0.2) is 0 Å². The maximum Gasteiger partial charge on any atom is 0.224 e. The van der Waals surface area contributed by atoms with Gasteiger partial charge in [0.05, 0.1) is 5.92 Å². The predicted molar refractivity (Wildman–Crippen MR) is 117 cm³/mol. The Morgan fingerprint density at radius 2 is 1.53 bits per heavy atom. The summed E-state index contributed by atoms with van der Waals surface area (Å²) in [6.07, 6.45) is 1.79. The fourth-order valence-corrected chi connectivity index (χ4v) is 4.24. The molecule has 1 amide bonds. The number of halogens is 1. The molecule has 154 valence electrons. The molecule has 0 aromatic heterocycles. The van der Waals surface area contributed by atoms with E-state index in [0.29, 0.717) is 19.6 Å². The van der Waals surface area contributed by atoms with Gasteiger partial charge in [-0.15, -0.1) is 0 Å². The largest absolute Gasteiger partial charge is 0.352 e. The summed E-state index contributed by atoms with van der Waals surface area (Å²) in [6.45, 7) is 1.94. The van der Waals surface area contributed by atoms with Crippen molar-refractivity contribution in [3.63, 3.8) is 0 Å². The van der Waals surface area contributed by atoms with Crippen LogP contribution < -0.4 is 5.32 Å². The van der Waals surface area contributed by atoms with E-state index < -0.39 is 0 Å². The fraction of sp³-hybridized carbons (Fsp3) is 0.269. The molecule has 4 heteroatoms. The molecule has 1 aliphatic rings. The lowest BCUT2D eigenvalue weighted by molar-refractivity contribution is -0.127. The van der Waals surface area contributed by atoms with Gasteiger partial charge in [-0.1, -0.05) is 72.8 Å². The van der Waals surface area contributed by atoms with Gasteiger partial charge in [0, 0.05) is 25.7 Å². The molecule has 1 aliphatic heterocycles. The quantitative estimate of drug-likeness (QED) is 0.622. The van der Waals surface area contributed by atoms with E-state index in [-0.39, 0.29) is 23.7 Å². The summed E-state index contributed by atoms with van der Waals surface area (Å²) in [7, 11) is 0. The van der Waals surface area contributed by atoms with Gasteiger partial charge in [-0.25, -0.2) is 4.39 Å². The van der Waals surface area contributed by atoms with Crippen LogP contribution in [0.3, 0.4) is 0 Å². The Kier molecular flexibility index (Phi) is 6.55. The van der Waals surface area contributed by atoms with Crippen molar-refractivity contribution in [2.45, 2.75) is 32.0 Å². The number of hydrogen-bond acceptors (Lipinski definition) is 2. The molecule has 2 atom stereocenters. The van der Waals surface area contributed by atoms with Crippen LogP contribution in [0.1, 0.15) is 35.6 Å². The summed E-state index contributed by atoms with van der Waals surface area (Å²) in [5.74, 6) is -0.168. The van der Waals surface area contributed by atoms with Crippen LogP contribution in [-0.4, -0.2) is 17.4 Å². The predicted octanol–water partition coefficient (Wildman–Crippen LogP) is 5.10. The first-order valence-corrected chi connectivity index (χ1v) is 10.5. The highest BCUT2D eigenvalue weighted by Crippen LogP contribution is 2.34. The van der Waals surface area contributed by atoms with Gasteiger partial charge in [-0.05, 0) is 41.7 Å². The lowest BCUT2D eigenvalue weighted by Crippen LogP contribution is -2.44. The van der Waals surface area contributed by atoms with Crippen molar-refractivity contribution in [3.05, 3.63) is 107 Å². The van der Waals surface area contributed by atoms with E-state index >= 15 is 0 Å². The zero-order valence-electron chi connectivity index (χ0n) is 17.0. The van der Waals surface area contributed by atoms with Gasteiger partial charge < -0.3 is 5.32 Å². The first-order valence-electron chi connectivity index (χ1n) is 10.5. The lowest BCUT2D eigenvalue weighted by Gasteiger charge is -2.39. The fourth-order valence-electron chi connectivity index (χ4n) is 4.24. The molecule has 3 aromatic rings. The monoisotopic (exact) mass is 402 g/mol. The number of likely N-dealkylation sites (tertiary alicyclic amines) is 1. The SMILES string of the molecule is O=C(NCc1ccccc1)[C@@H]1CC[C@@H](c2ccccc2)N(Cc2ccc(F)cc2)C1. The lowest BCUT2D eigenvalue weighted by atomic mass is 9.88. The molecular formula is C26H27FN2O. The number of nitrogens with one attached hydrogen (secondary N) is 1. The van der Waals surface area contributed by atoms with Crippen molar-refractivity contribution in [2.75, 3.05) is 6.54 Å². The normalized spacial score (nSPS) is 19.4. The van der Waals surface area contributed by atoms with Gasteiger partial charge in [0.25, 0.3) is 0 Å². The summed E-state index contributed by atoms with van der Waals surface area (Å²) in [5, 5.41) is 3.10. The highest BCUT2D eigenvalue weighted by Gasteiger charge is 2.32. The number of carbonyl (C=O) groups excluding carboxylic acids is 1. The molecule has 1 heterocycles. The minimum atomic E-state index is -0.227. The molecule has 0 saturated carbocycles. The van der Waals surface area contributed by atoms with E-state index in [1.807, 2.05) is 48.5 Å². The molecule has 3 aromatic carbocycles. The zero-order chi connectivity index (χ0) is 20.8. The van der Waals surface area contributed by atoms with Crippen LogP contribution in [0.15, 0.2) is 84.9 Å². The minimum absolute atomic E-state index is 0.0471. The number of rotatable bonds is 6. The van der Waals surface area contributed by atoms with E-state index in [4.69, 9.17) is 0 Å². The number of nitrogens with zero attached hydrogens (tertiary/aromatic N) is 1. The molecule has 1 N–H and O–H groups in total. The number of benzene rings is 3. The summed E-state index contributed by atoms with van der Waals surface area (Å²) >= 11 is 0. The Morgan fingerprint density at radius 3 is 2.23 bits per heavy atom. The third-order valence-electron chi connectivity index (χ3n) is 5.85. The summed E-state index contributed by atoms with van der Waals surface area (Å²) in [4.78, 5) is 15.2. The molecule has 1 fully saturated rings. The topological polar surface area (TPSA) is 32.3 Å². The minimum Gasteiger partial charge on any atom is -0.352 e. The molecule has 0 unspecified atom stereocenters. The molecule has 3 nitrogen and oxygen atoms in total. The molecule has 0 radical (unpaired) electrons. The highest BCUT2D eigenvalue weighted by atomic mass is 19.1. The van der Waals surface area contributed by atoms with Crippen LogP contribution in [-0.2, 0) is 17.9 Å². The van der Waals surface area contributed by atoms with Crippen LogP contribution in [0, 0.1) is 11.7 Å². The maximum atomic E-state index is 13.3. The Morgan fingerprint density at radius 1 is 0.867 bits per heavy atom. The molecule has 1 saturated heterocycles. The number of hydrogen-bond donors (Lipinski definition) is 1. The van der Waals surface area contributed by atoms with E-state index in [1.54, 1.807) is 0 Å². The van der Waals surface area contributed by atoms with Crippen LogP contribution >= 0.6 is 0 Å². The molecule has 30 heavy (non-hydrogen) atoms. The molecule has 0 aliphatic carbocycles. The van der Waals surface area contributed by atoms with Crippen molar-refractivity contribution < 1.29 is 9.18 Å². The zero-order valence-corrected chi connectivity index (χ0v) is 17.0. The van der Waals surface area contributed by atoms with Crippen LogP contribution in [0.2, 0.25) is 0 Å². The second-order valence-corrected chi connectivity index (χ2v) is 7.96. The van der Waals surface area contributed by atoms with Gasteiger partial charge in [-0.2, -0.15) is 0 Å². The van der Waals surface area contributed by atoms with Crippen molar-refractivity contribution in [3.8, 4) is 0 Å². The van der Waals surface area contributed by atoms with Gasteiger partial charge >= 0.3 is 0 Å². The Balaban J connectivity index is 1.46. The molecule has 4 rings (SSSR count). The number of carbonyl (C=O) groups is 1. The third-order valence-corrected chi connectivity index (χ3v) is 5.85. The summed E-state index contributed by atoms with van der Waals surface area (Å²) < 4.78 is 13.3. The number of piperidine rings is 1. The summed E-state index contributed by atoms with van der Waals surface area (Å²) in [5.41, 5.74) is 3.43. The Labute approximate surface area is 177 Å². The third kappa shape index (κ3) is 5.14. The van der Waals surface area contributed by atoms with Crippen LogP contribution in [0.25, 0.3) is 0 Å². The standard InChI is InChI=1S/C26H27FN2O/c27-24-14-11-21(12-15-24)18-29-19-23(13-16-25(29)22-9-5-2-6-10-22)26(30)28-17-20-7-3-1-4-8-20/h1-12,14-15,23,25H,13,16-19H2,(H,28,30)/t23-,25+/m1/s1. The first kappa shape index (κ1) is 20.3. The molecular weight excluding hydrogens is 375 g/mol. The second kappa shape index (κ2) is 9.68. The van der Waals surface area contributed by atoms with E-state index in [1.165, 1.54) is 17.7 Å². The van der Waals surface area contributed by atoms with Gasteiger partial charge in [-0.3, -0.25) is 9.69 Å². The molecule has 0 bridgehead atoms. The van der Waals surface area contributed by atoms with Crippen molar-refractivity contribution in [2.24, 2.45) is 5.92 Å². The van der Waals surface area contributed by atoms with Crippen molar-refractivity contribution in [1.82, 2.24) is 10.2 Å². The maximum absolute atomic E-state index is 13.3. The molecule has 0 spiro atoms. The summed E-state index contributed by atoms with van der Waals surface area (Å²) in [6, 6.07) is 27.3. The van der Waals surface area contributed by atoms with Crippen LogP contribution in [0.4, 0.5) is 4.39 Å². The Bertz CT molecular complexity index is 944. The van der Waals surface area contributed by atoms with Gasteiger partial charge in [0.1, 0.15) is 5.82 Å². The first-order chi connectivity index (χ1) is 14.7. The van der Waals surface area contributed by atoms with E-state index in [2.05, 4.69) is 34.5 Å². The van der Waals surface area contributed by atoms with E-state index in [0.717, 1.165) is 24.0 Å². The Hall–Kier alpha value is -2.98. The van der Waals surface area contributed by atoms with Crippen molar-refractivity contribution >= 4 is 5.91 Å². The smallest absolute Gasteiger partial charge is 0.224 e. The second-order valence-electron chi connectivity index (χ2n) is 7.96. The highest BCUT2D eigenvalue weighted by molar-refractivity contribution is 5.79. The number of amides is 1. The average Bonchev–Trinajstić information content (AvgIpc) is 2.80. The van der Waals surface area contributed by atoms with E-state index in [9.17, 15) is 9.18 Å².